The van der Waals surface area contributed by atoms with E-state index >= 15 is 0 Å². The van der Waals surface area contributed by atoms with Gasteiger partial charge < -0.3 is 10.6 Å². The van der Waals surface area contributed by atoms with E-state index in [2.05, 4.69) is 22.2 Å². The van der Waals surface area contributed by atoms with Crippen LogP contribution in [0, 0.1) is 0 Å². The van der Waals surface area contributed by atoms with Crippen LogP contribution >= 0.6 is 11.3 Å². The van der Waals surface area contributed by atoms with Gasteiger partial charge in [0.25, 0.3) is 0 Å². The number of benzene rings is 2. The zero-order valence-electron chi connectivity index (χ0n) is 19.9. The zero-order valence-corrected chi connectivity index (χ0v) is 21.5. The number of hydrogen-bond acceptors (Lipinski definition) is 6. The molecule has 190 valence electrons. The SMILES string of the molecule is C=C(C)c1csc([C@H](Cc2ccc(NS(=O)(=O)O)cc2)NC(=O)[C@H](Cc2ccccc2)NC(C)=O)n1. The van der Waals surface area contributed by atoms with Gasteiger partial charge in [-0.1, -0.05) is 49.0 Å². The molecule has 9 nitrogen and oxygen atoms in total. The molecule has 0 saturated carbocycles. The maximum atomic E-state index is 13.3. The largest absolute Gasteiger partial charge is 0.357 e. The quantitative estimate of drug-likeness (QED) is 0.281. The maximum absolute atomic E-state index is 13.3. The number of allylic oxidation sites excluding steroid dienone is 1. The maximum Gasteiger partial charge on any atom is 0.357 e. The monoisotopic (exact) mass is 528 g/mol. The molecule has 0 radical (unpaired) electrons. The summed E-state index contributed by atoms with van der Waals surface area (Å²) in [6.07, 6.45) is 0.684. The molecule has 1 aromatic heterocycles. The summed E-state index contributed by atoms with van der Waals surface area (Å²) in [6.45, 7) is 7.14. The highest BCUT2D eigenvalue weighted by Crippen LogP contribution is 2.26. The van der Waals surface area contributed by atoms with E-state index in [0.29, 0.717) is 17.8 Å². The summed E-state index contributed by atoms with van der Waals surface area (Å²) in [5.74, 6) is -0.667. The van der Waals surface area contributed by atoms with Crippen molar-refractivity contribution in [3.05, 3.63) is 88.4 Å². The summed E-state index contributed by atoms with van der Waals surface area (Å²) >= 11 is 1.39. The summed E-state index contributed by atoms with van der Waals surface area (Å²) in [5.41, 5.74) is 3.43. The van der Waals surface area contributed by atoms with Gasteiger partial charge in [0.1, 0.15) is 11.0 Å². The van der Waals surface area contributed by atoms with Crippen LogP contribution in [0.5, 0.6) is 0 Å². The second-order valence-corrected chi connectivity index (χ2v) is 10.4. The van der Waals surface area contributed by atoms with E-state index in [-0.39, 0.29) is 17.5 Å². The molecule has 2 atom stereocenters. The highest BCUT2D eigenvalue weighted by atomic mass is 32.2. The average molecular weight is 529 g/mol. The number of aromatic nitrogens is 1. The van der Waals surface area contributed by atoms with Crippen molar-refractivity contribution in [3.8, 4) is 0 Å². The molecular formula is C25H28N4O5S2. The molecule has 0 bridgehead atoms. The van der Waals surface area contributed by atoms with Crippen LogP contribution in [-0.4, -0.2) is 35.8 Å². The van der Waals surface area contributed by atoms with Gasteiger partial charge >= 0.3 is 10.3 Å². The lowest BCUT2D eigenvalue weighted by molar-refractivity contribution is -0.128. The fraction of sp³-hybridized carbons (Fsp3) is 0.240. The third-order valence-electron chi connectivity index (χ3n) is 5.19. The number of thiazole rings is 1. The Morgan fingerprint density at radius 1 is 1.00 bits per heavy atom. The summed E-state index contributed by atoms with van der Waals surface area (Å²) in [5, 5.41) is 8.29. The predicted octanol–water partition coefficient (Wildman–Crippen LogP) is 3.54. The number of rotatable bonds is 11. The Kier molecular flexibility index (Phi) is 8.97. The first kappa shape index (κ1) is 27.1. The average Bonchev–Trinajstić information content (AvgIpc) is 3.29. The molecule has 36 heavy (non-hydrogen) atoms. The van der Waals surface area contributed by atoms with Crippen LogP contribution < -0.4 is 15.4 Å². The van der Waals surface area contributed by atoms with Crippen LogP contribution in [0.4, 0.5) is 5.69 Å². The van der Waals surface area contributed by atoms with E-state index in [1.807, 2.05) is 47.4 Å². The number of nitrogens with zero attached hydrogens (tertiary/aromatic N) is 1. The first-order valence-corrected chi connectivity index (χ1v) is 13.4. The van der Waals surface area contributed by atoms with Crippen LogP contribution in [0.3, 0.4) is 0 Å². The van der Waals surface area contributed by atoms with Gasteiger partial charge in [-0.25, -0.2) is 4.98 Å². The van der Waals surface area contributed by atoms with Gasteiger partial charge in [-0.05, 0) is 42.2 Å². The molecule has 0 aliphatic rings. The highest BCUT2D eigenvalue weighted by molar-refractivity contribution is 7.87. The number of carbonyl (C=O) groups is 2. The Hall–Kier alpha value is -3.54. The van der Waals surface area contributed by atoms with Gasteiger partial charge in [0.05, 0.1) is 17.4 Å². The lowest BCUT2D eigenvalue weighted by atomic mass is 10.0. The van der Waals surface area contributed by atoms with Crippen LogP contribution in [0.2, 0.25) is 0 Å². The second kappa shape index (κ2) is 11.9. The van der Waals surface area contributed by atoms with Crippen LogP contribution in [-0.2, 0) is 32.7 Å². The van der Waals surface area contributed by atoms with Crippen LogP contribution in [0.15, 0.2) is 66.6 Å². The molecule has 3 rings (SSSR count). The normalized spacial score (nSPS) is 12.9. The minimum Gasteiger partial charge on any atom is -0.345 e. The molecule has 0 unspecified atom stereocenters. The van der Waals surface area contributed by atoms with Crippen molar-refractivity contribution >= 4 is 44.7 Å². The smallest absolute Gasteiger partial charge is 0.345 e. The molecule has 0 spiro atoms. The highest BCUT2D eigenvalue weighted by Gasteiger charge is 2.25. The van der Waals surface area contributed by atoms with E-state index in [1.54, 1.807) is 12.1 Å². The van der Waals surface area contributed by atoms with Gasteiger partial charge in [0.2, 0.25) is 11.8 Å². The molecule has 11 heteroatoms. The molecule has 0 saturated heterocycles. The number of anilines is 1. The van der Waals surface area contributed by atoms with Gasteiger partial charge in [-0.2, -0.15) is 8.42 Å². The molecule has 3 aromatic rings. The molecule has 0 fully saturated rings. The molecule has 2 amide bonds. The van der Waals surface area contributed by atoms with Crippen LogP contribution in [0.1, 0.15) is 41.7 Å². The molecule has 0 aliphatic carbocycles. The van der Waals surface area contributed by atoms with E-state index in [4.69, 9.17) is 4.55 Å². The van der Waals surface area contributed by atoms with E-state index in [9.17, 15) is 18.0 Å². The lowest BCUT2D eigenvalue weighted by Crippen LogP contribution is -2.48. The van der Waals surface area contributed by atoms with E-state index < -0.39 is 22.4 Å². The van der Waals surface area contributed by atoms with Gasteiger partial charge in [0.15, 0.2) is 0 Å². The van der Waals surface area contributed by atoms with Crippen molar-refractivity contribution in [1.82, 2.24) is 15.6 Å². The third kappa shape index (κ3) is 8.29. The standard InChI is InChI=1S/C25H28N4O5S2/c1-16(2)23-15-35-25(28-23)22(14-19-9-11-20(12-10-19)29-36(32,33)34)27-24(31)21(26-17(3)30)13-18-7-5-4-6-8-18/h4-12,15,21-22,29H,1,13-14H2,2-3H3,(H,26,30)(H,27,31)(H,32,33,34)/t21-,22-/m0/s1. The van der Waals surface area contributed by atoms with Crippen molar-refractivity contribution in [2.45, 2.75) is 38.8 Å². The number of hydrogen-bond donors (Lipinski definition) is 4. The topological polar surface area (TPSA) is 137 Å². The Balaban J connectivity index is 1.84. The molecule has 4 N–H and O–H groups in total. The summed E-state index contributed by atoms with van der Waals surface area (Å²) < 4.78 is 33.1. The predicted molar refractivity (Wildman–Crippen MR) is 141 cm³/mol. The molecular weight excluding hydrogens is 500 g/mol. The minimum atomic E-state index is -4.38. The summed E-state index contributed by atoms with van der Waals surface area (Å²) in [4.78, 5) is 29.8. The fourth-order valence-corrected chi connectivity index (χ4v) is 4.89. The van der Waals surface area contributed by atoms with Gasteiger partial charge in [-0.3, -0.25) is 18.9 Å². The van der Waals surface area contributed by atoms with Crippen molar-refractivity contribution < 1.29 is 22.6 Å². The van der Waals surface area contributed by atoms with E-state index in [0.717, 1.165) is 22.4 Å². The van der Waals surface area contributed by atoms with Crippen molar-refractivity contribution in [2.75, 3.05) is 4.72 Å². The van der Waals surface area contributed by atoms with Gasteiger partial charge in [-0.15, -0.1) is 11.3 Å². The Morgan fingerprint density at radius 2 is 1.64 bits per heavy atom. The van der Waals surface area contributed by atoms with Crippen molar-refractivity contribution in [1.29, 1.82) is 0 Å². The first-order valence-electron chi connectivity index (χ1n) is 11.1. The number of nitrogens with one attached hydrogen (secondary N) is 3. The van der Waals surface area contributed by atoms with E-state index in [1.165, 1.54) is 30.4 Å². The van der Waals surface area contributed by atoms with Crippen molar-refractivity contribution in [3.63, 3.8) is 0 Å². The van der Waals surface area contributed by atoms with Gasteiger partial charge in [0, 0.05) is 18.7 Å². The first-order chi connectivity index (χ1) is 17.0. The molecule has 0 aliphatic heterocycles. The Morgan fingerprint density at radius 3 is 2.19 bits per heavy atom. The third-order valence-corrected chi connectivity index (χ3v) is 6.64. The molecule has 2 aromatic carbocycles. The minimum absolute atomic E-state index is 0.203. The lowest BCUT2D eigenvalue weighted by Gasteiger charge is -2.22. The number of carbonyl (C=O) groups excluding carboxylic acids is 2. The fourth-order valence-electron chi connectivity index (χ4n) is 3.51. The second-order valence-electron chi connectivity index (χ2n) is 8.33. The Labute approximate surface area is 214 Å². The number of amides is 2. The van der Waals surface area contributed by atoms with Crippen LogP contribution in [0.25, 0.3) is 5.57 Å². The summed E-state index contributed by atoms with van der Waals surface area (Å²) in [7, 11) is -4.38. The molecule has 1 heterocycles. The zero-order chi connectivity index (χ0) is 26.3. The van der Waals surface area contributed by atoms with Crippen molar-refractivity contribution in [2.24, 2.45) is 0 Å². The summed E-state index contributed by atoms with van der Waals surface area (Å²) in [6, 6.07) is 14.5. The Bertz CT molecular complexity index is 1320.